The first kappa shape index (κ1) is 16.8. The average molecular weight is 340 g/mol. The predicted molar refractivity (Wildman–Crippen MR) is 91.4 cm³/mol. The van der Waals surface area contributed by atoms with Crippen LogP contribution in [0.5, 0.6) is 0 Å². The highest BCUT2D eigenvalue weighted by Gasteiger charge is 2.16. The smallest absolute Gasteiger partial charge is 0.259 e. The van der Waals surface area contributed by atoms with Crippen molar-refractivity contribution in [1.29, 1.82) is 0 Å². The van der Waals surface area contributed by atoms with Crippen LogP contribution in [0.1, 0.15) is 26.1 Å². The number of aryl methyl sites for hydroxylation is 1. The van der Waals surface area contributed by atoms with Gasteiger partial charge >= 0.3 is 0 Å². The van der Waals surface area contributed by atoms with Gasteiger partial charge in [-0.25, -0.2) is 4.98 Å². The Hall–Kier alpha value is -3.03. The van der Waals surface area contributed by atoms with Gasteiger partial charge in [-0.15, -0.1) is 0 Å². The van der Waals surface area contributed by atoms with Crippen molar-refractivity contribution in [1.82, 2.24) is 30.0 Å². The van der Waals surface area contributed by atoms with E-state index in [0.29, 0.717) is 23.2 Å². The van der Waals surface area contributed by atoms with Crippen molar-refractivity contribution < 1.29 is 9.32 Å². The predicted octanol–water partition coefficient (Wildman–Crippen LogP) is 2.22. The number of pyridine rings is 1. The number of nitrogens with one attached hydrogen (secondary N) is 1. The van der Waals surface area contributed by atoms with Crippen molar-refractivity contribution in [3.63, 3.8) is 0 Å². The second kappa shape index (κ2) is 7.25. The van der Waals surface area contributed by atoms with E-state index in [9.17, 15) is 4.79 Å². The molecule has 8 nitrogen and oxygen atoms in total. The van der Waals surface area contributed by atoms with Crippen LogP contribution in [0.4, 0.5) is 0 Å². The Morgan fingerprint density at radius 1 is 1.40 bits per heavy atom. The summed E-state index contributed by atoms with van der Waals surface area (Å²) in [7, 11) is 0. The summed E-state index contributed by atoms with van der Waals surface area (Å²) in [6, 6.07) is 3.79. The minimum Gasteiger partial charge on any atom is -0.352 e. The molecule has 0 fully saturated rings. The summed E-state index contributed by atoms with van der Waals surface area (Å²) in [4.78, 5) is 24.9. The molecule has 0 radical (unpaired) electrons. The van der Waals surface area contributed by atoms with Gasteiger partial charge < -0.3 is 14.4 Å². The highest BCUT2D eigenvalue weighted by molar-refractivity contribution is 5.76. The van der Waals surface area contributed by atoms with Crippen LogP contribution in [0, 0.1) is 6.92 Å². The molecule has 8 heteroatoms. The van der Waals surface area contributed by atoms with Gasteiger partial charge in [-0.2, -0.15) is 4.98 Å². The van der Waals surface area contributed by atoms with E-state index in [4.69, 9.17) is 4.52 Å². The third-order valence-corrected chi connectivity index (χ3v) is 3.87. The molecule has 25 heavy (non-hydrogen) atoms. The van der Waals surface area contributed by atoms with E-state index in [1.807, 2.05) is 26.8 Å². The number of nitrogens with zero attached hydrogens (tertiary/aromatic N) is 5. The van der Waals surface area contributed by atoms with Crippen LogP contribution in [0.2, 0.25) is 0 Å². The molecule has 0 spiro atoms. The Balaban J connectivity index is 1.76. The SMILES string of the molecule is CCC(C)NC(=O)Cn1cc(-c2noc(-c3cccnc3)n2)nc1C. The van der Waals surface area contributed by atoms with E-state index in [1.54, 1.807) is 29.2 Å². The molecular weight excluding hydrogens is 320 g/mol. The lowest BCUT2D eigenvalue weighted by molar-refractivity contribution is -0.122. The molecule has 1 amide bonds. The Bertz CT molecular complexity index is 855. The van der Waals surface area contributed by atoms with Crippen LogP contribution in [0.25, 0.3) is 23.0 Å². The lowest BCUT2D eigenvalue weighted by Gasteiger charge is -2.12. The number of carbonyl (C=O) groups excluding carboxylic acids is 1. The highest BCUT2D eigenvalue weighted by atomic mass is 16.5. The largest absolute Gasteiger partial charge is 0.352 e. The van der Waals surface area contributed by atoms with Crippen molar-refractivity contribution in [3.8, 4) is 23.0 Å². The third kappa shape index (κ3) is 3.90. The number of imidazole rings is 1. The first-order chi connectivity index (χ1) is 12.1. The van der Waals surface area contributed by atoms with Crippen molar-refractivity contribution in [2.24, 2.45) is 0 Å². The fourth-order valence-corrected chi connectivity index (χ4v) is 2.29. The average Bonchev–Trinajstić information content (AvgIpc) is 3.23. The second-order valence-electron chi connectivity index (χ2n) is 5.84. The molecule has 130 valence electrons. The first-order valence-corrected chi connectivity index (χ1v) is 8.14. The van der Waals surface area contributed by atoms with Crippen LogP contribution in [-0.2, 0) is 11.3 Å². The third-order valence-electron chi connectivity index (χ3n) is 3.87. The molecule has 1 N–H and O–H groups in total. The van der Waals surface area contributed by atoms with Gasteiger partial charge in [0.2, 0.25) is 11.7 Å². The molecule has 1 atom stereocenters. The van der Waals surface area contributed by atoms with Crippen LogP contribution in [0.15, 0.2) is 35.2 Å². The van der Waals surface area contributed by atoms with Crippen LogP contribution >= 0.6 is 0 Å². The molecule has 0 aliphatic carbocycles. The highest BCUT2D eigenvalue weighted by Crippen LogP contribution is 2.21. The Kier molecular flexibility index (Phi) is 4.87. The zero-order valence-electron chi connectivity index (χ0n) is 14.4. The monoisotopic (exact) mass is 340 g/mol. The van der Waals surface area contributed by atoms with E-state index in [-0.39, 0.29) is 18.5 Å². The van der Waals surface area contributed by atoms with Gasteiger partial charge in [0.25, 0.3) is 5.89 Å². The number of amides is 1. The van der Waals surface area contributed by atoms with Crippen molar-refractivity contribution in [2.45, 2.75) is 39.8 Å². The van der Waals surface area contributed by atoms with Gasteiger partial charge in [-0.3, -0.25) is 9.78 Å². The minimum absolute atomic E-state index is 0.0504. The zero-order valence-corrected chi connectivity index (χ0v) is 14.4. The lowest BCUT2D eigenvalue weighted by Crippen LogP contribution is -2.34. The van der Waals surface area contributed by atoms with E-state index < -0.39 is 0 Å². The Morgan fingerprint density at radius 2 is 2.24 bits per heavy atom. The van der Waals surface area contributed by atoms with E-state index in [0.717, 1.165) is 12.0 Å². The van der Waals surface area contributed by atoms with Crippen LogP contribution in [-0.4, -0.2) is 36.6 Å². The maximum atomic E-state index is 12.1. The zero-order chi connectivity index (χ0) is 17.8. The van der Waals surface area contributed by atoms with Gasteiger partial charge in [0.15, 0.2) is 0 Å². The maximum absolute atomic E-state index is 12.1. The molecule has 1 unspecified atom stereocenters. The fraction of sp³-hybridized carbons (Fsp3) is 0.353. The molecule has 0 saturated heterocycles. The molecule has 3 heterocycles. The number of hydrogen-bond donors (Lipinski definition) is 1. The lowest BCUT2D eigenvalue weighted by atomic mass is 10.2. The van der Waals surface area contributed by atoms with Gasteiger partial charge in [-0.05, 0) is 32.4 Å². The Morgan fingerprint density at radius 3 is 2.96 bits per heavy atom. The molecule has 0 aromatic carbocycles. The normalized spacial score (nSPS) is 12.1. The fourth-order valence-electron chi connectivity index (χ4n) is 2.29. The van der Waals surface area contributed by atoms with Gasteiger partial charge in [0, 0.05) is 24.6 Å². The van der Waals surface area contributed by atoms with Gasteiger partial charge in [-0.1, -0.05) is 12.1 Å². The number of aromatic nitrogens is 5. The molecular formula is C17H20N6O2. The minimum atomic E-state index is -0.0504. The van der Waals surface area contributed by atoms with Crippen molar-refractivity contribution in [2.75, 3.05) is 0 Å². The summed E-state index contributed by atoms with van der Waals surface area (Å²) in [5.74, 6) is 1.42. The summed E-state index contributed by atoms with van der Waals surface area (Å²) < 4.78 is 7.04. The van der Waals surface area contributed by atoms with Crippen LogP contribution in [0.3, 0.4) is 0 Å². The van der Waals surface area contributed by atoms with Gasteiger partial charge in [0.1, 0.15) is 18.1 Å². The summed E-state index contributed by atoms with van der Waals surface area (Å²) in [5.41, 5.74) is 1.30. The van der Waals surface area contributed by atoms with E-state index >= 15 is 0 Å². The van der Waals surface area contributed by atoms with Crippen molar-refractivity contribution in [3.05, 3.63) is 36.5 Å². The van der Waals surface area contributed by atoms with E-state index in [1.165, 1.54) is 0 Å². The molecule has 0 aliphatic heterocycles. The number of rotatable bonds is 6. The van der Waals surface area contributed by atoms with Gasteiger partial charge in [0.05, 0.1) is 5.56 Å². The van der Waals surface area contributed by atoms with Crippen molar-refractivity contribution >= 4 is 5.91 Å². The topological polar surface area (TPSA) is 98.7 Å². The summed E-state index contributed by atoms with van der Waals surface area (Å²) in [6.45, 7) is 6.05. The molecule has 0 saturated carbocycles. The summed E-state index contributed by atoms with van der Waals surface area (Å²) in [5, 5.41) is 6.90. The molecule has 3 aromatic rings. The molecule has 3 rings (SSSR count). The summed E-state index contributed by atoms with van der Waals surface area (Å²) in [6.07, 6.45) is 5.97. The standard InChI is InChI=1S/C17H20N6O2/c1-4-11(2)19-15(24)10-23-9-14(20-12(23)3)16-21-17(25-22-16)13-6-5-7-18-8-13/h5-9,11H,4,10H2,1-3H3,(H,19,24). The number of hydrogen-bond acceptors (Lipinski definition) is 6. The molecule has 3 aromatic heterocycles. The number of carbonyl (C=O) groups is 1. The maximum Gasteiger partial charge on any atom is 0.259 e. The molecule has 0 aliphatic rings. The second-order valence-corrected chi connectivity index (χ2v) is 5.84. The molecule has 0 bridgehead atoms. The first-order valence-electron chi connectivity index (χ1n) is 8.14. The van der Waals surface area contributed by atoms with Crippen LogP contribution < -0.4 is 5.32 Å². The van der Waals surface area contributed by atoms with E-state index in [2.05, 4.69) is 25.4 Å². The summed E-state index contributed by atoms with van der Waals surface area (Å²) >= 11 is 0. The quantitative estimate of drug-likeness (QED) is 0.739. The Labute approximate surface area is 145 Å².